The van der Waals surface area contributed by atoms with Crippen molar-refractivity contribution in [1.82, 2.24) is 15.6 Å². The van der Waals surface area contributed by atoms with E-state index in [9.17, 15) is 0 Å². The fraction of sp³-hybridized carbons (Fsp3) is 1.00. The van der Waals surface area contributed by atoms with E-state index in [1.807, 2.05) is 12.1 Å². The molecule has 0 bridgehead atoms. The molecular formula is C12H30N4. The van der Waals surface area contributed by atoms with Crippen molar-refractivity contribution in [3.63, 3.8) is 0 Å². The fourth-order valence-corrected chi connectivity index (χ4v) is 1.73. The molecule has 0 aromatic rings. The van der Waals surface area contributed by atoms with Gasteiger partial charge in [-0.2, -0.15) is 0 Å². The Balaban J connectivity index is 3.63. The molecule has 1 unspecified atom stereocenters. The molecule has 0 aliphatic heterocycles. The number of hydrazine groups is 1. The van der Waals surface area contributed by atoms with Gasteiger partial charge < -0.3 is 10.6 Å². The van der Waals surface area contributed by atoms with E-state index in [0.717, 1.165) is 32.6 Å². The quantitative estimate of drug-likeness (QED) is 0.365. The van der Waals surface area contributed by atoms with Gasteiger partial charge in [-0.1, -0.05) is 20.3 Å². The first-order chi connectivity index (χ1) is 7.74. The zero-order chi connectivity index (χ0) is 12.2. The average molecular weight is 230 g/mol. The second-order valence-corrected chi connectivity index (χ2v) is 4.37. The summed E-state index contributed by atoms with van der Waals surface area (Å²) >= 11 is 0. The standard InChI is InChI=1S/C12H30N4/c1-4-6-12(15-8-5-2)7-10-16(13)11-9-14-3/h12,14-15H,4-11,13H2,1-3H3. The van der Waals surface area contributed by atoms with Crippen LogP contribution in [0.5, 0.6) is 0 Å². The van der Waals surface area contributed by atoms with Crippen molar-refractivity contribution in [1.29, 1.82) is 0 Å². The van der Waals surface area contributed by atoms with E-state index in [-0.39, 0.29) is 0 Å². The maximum Gasteiger partial charge on any atom is 0.0253 e. The van der Waals surface area contributed by atoms with Crippen LogP contribution < -0.4 is 16.5 Å². The molecule has 16 heavy (non-hydrogen) atoms. The molecule has 0 saturated carbocycles. The molecule has 4 heteroatoms. The summed E-state index contributed by atoms with van der Waals surface area (Å²) in [5.74, 6) is 5.90. The third kappa shape index (κ3) is 9.09. The summed E-state index contributed by atoms with van der Waals surface area (Å²) in [5, 5.41) is 8.60. The van der Waals surface area contributed by atoms with Gasteiger partial charge >= 0.3 is 0 Å². The van der Waals surface area contributed by atoms with Crippen LogP contribution in [0.1, 0.15) is 39.5 Å². The second kappa shape index (κ2) is 11.3. The maximum absolute atomic E-state index is 5.90. The first-order valence-electron chi connectivity index (χ1n) is 6.62. The summed E-state index contributed by atoms with van der Waals surface area (Å²) in [7, 11) is 1.95. The van der Waals surface area contributed by atoms with Crippen LogP contribution in [0.2, 0.25) is 0 Å². The molecule has 4 N–H and O–H groups in total. The van der Waals surface area contributed by atoms with Crippen LogP contribution in [0.25, 0.3) is 0 Å². The topological polar surface area (TPSA) is 53.3 Å². The molecule has 0 fully saturated rings. The minimum atomic E-state index is 0.630. The van der Waals surface area contributed by atoms with E-state index in [0.29, 0.717) is 6.04 Å². The third-order valence-corrected chi connectivity index (χ3v) is 2.73. The Bertz CT molecular complexity index is 141. The summed E-state index contributed by atoms with van der Waals surface area (Å²) in [4.78, 5) is 0. The Labute approximate surface area is 101 Å². The number of likely N-dealkylation sites (N-methyl/N-ethyl adjacent to an activating group) is 1. The fourth-order valence-electron chi connectivity index (χ4n) is 1.73. The van der Waals surface area contributed by atoms with Crippen LogP contribution in [0.15, 0.2) is 0 Å². The first-order valence-corrected chi connectivity index (χ1v) is 6.62. The van der Waals surface area contributed by atoms with E-state index < -0.39 is 0 Å². The second-order valence-electron chi connectivity index (χ2n) is 4.37. The van der Waals surface area contributed by atoms with Crippen LogP contribution >= 0.6 is 0 Å². The molecule has 0 saturated heterocycles. The van der Waals surface area contributed by atoms with Crippen molar-refractivity contribution in [2.75, 3.05) is 33.2 Å². The molecule has 0 aliphatic rings. The Hall–Kier alpha value is -0.160. The van der Waals surface area contributed by atoms with Crippen LogP contribution in [-0.4, -0.2) is 44.3 Å². The Morgan fingerprint density at radius 1 is 1.06 bits per heavy atom. The predicted octanol–water partition coefficient (Wildman–Crippen LogP) is 0.940. The van der Waals surface area contributed by atoms with Gasteiger partial charge in [0.2, 0.25) is 0 Å². The minimum absolute atomic E-state index is 0.630. The van der Waals surface area contributed by atoms with Crippen LogP contribution in [0.3, 0.4) is 0 Å². The Morgan fingerprint density at radius 3 is 2.38 bits per heavy atom. The minimum Gasteiger partial charge on any atom is -0.318 e. The summed E-state index contributed by atoms with van der Waals surface area (Å²) in [6.07, 6.45) is 4.84. The highest BCUT2D eigenvalue weighted by Gasteiger charge is 2.07. The predicted molar refractivity (Wildman–Crippen MR) is 71.3 cm³/mol. The van der Waals surface area contributed by atoms with E-state index in [1.54, 1.807) is 0 Å². The monoisotopic (exact) mass is 230 g/mol. The summed E-state index contributed by atoms with van der Waals surface area (Å²) in [5.41, 5.74) is 0. The maximum atomic E-state index is 5.90. The highest BCUT2D eigenvalue weighted by atomic mass is 15.4. The van der Waals surface area contributed by atoms with Crippen molar-refractivity contribution in [2.24, 2.45) is 5.84 Å². The molecule has 0 heterocycles. The Morgan fingerprint density at radius 2 is 1.81 bits per heavy atom. The smallest absolute Gasteiger partial charge is 0.0253 e. The lowest BCUT2D eigenvalue weighted by atomic mass is 10.1. The molecule has 1 atom stereocenters. The molecule has 0 aliphatic carbocycles. The lowest BCUT2D eigenvalue weighted by molar-refractivity contribution is 0.261. The highest BCUT2D eigenvalue weighted by Crippen LogP contribution is 2.02. The summed E-state index contributed by atoms with van der Waals surface area (Å²) < 4.78 is 0. The van der Waals surface area contributed by atoms with Crippen molar-refractivity contribution in [2.45, 2.75) is 45.6 Å². The van der Waals surface area contributed by atoms with Gasteiger partial charge in [0.05, 0.1) is 0 Å². The van der Waals surface area contributed by atoms with Gasteiger partial charge in [-0.25, -0.2) is 5.01 Å². The lowest BCUT2D eigenvalue weighted by Gasteiger charge is -2.22. The first kappa shape index (κ1) is 15.8. The zero-order valence-corrected chi connectivity index (χ0v) is 11.3. The van der Waals surface area contributed by atoms with Crippen molar-refractivity contribution < 1.29 is 0 Å². The zero-order valence-electron chi connectivity index (χ0n) is 11.3. The van der Waals surface area contributed by atoms with Crippen LogP contribution in [0.4, 0.5) is 0 Å². The van der Waals surface area contributed by atoms with E-state index in [2.05, 4.69) is 24.5 Å². The van der Waals surface area contributed by atoms with Gasteiger partial charge in [0.15, 0.2) is 0 Å². The molecule has 4 nitrogen and oxygen atoms in total. The molecule has 0 aromatic carbocycles. The van der Waals surface area contributed by atoms with E-state index in [1.165, 1.54) is 19.3 Å². The van der Waals surface area contributed by atoms with Crippen LogP contribution in [-0.2, 0) is 0 Å². The van der Waals surface area contributed by atoms with E-state index >= 15 is 0 Å². The largest absolute Gasteiger partial charge is 0.318 e. The van der Waals surface area contributed by atoms with Crippen molar-refractivity contribution >= 4 is 0 Å². The number of nitrogens with one attached hydrogen (secondary N) is 2. The van der Waals surface area contributed by atoms with E-state index in [4.69, 9.17) is 5.84 Å². The van der Waals surface area contributed by atoms with Gasteiger partial charge in [0.25, 0.3) is 0 Å². The van der Waals surface area contributed by atoms with Crippen molar-refractivity contribution in [3.8, 4) is 0 Å². The number of nitrogens with zero attached hydrogens (tertiary/aromatic N) is 1. The lowest BCUT2D eigenvalue weighted by Crippen LogP contribution is -2.40. The van der Waals surface area contributed by atoms with Gasteiger partial charge in [0, 0.05) is 25.7 Å². The van der Waals surface area contributed by atoms with Gasteiger partial charge in [-0.3, -0.25) is 5.84 Å². The van der Waals surface area contributed by atoms with Crippen molar-refractivity contribution in [3.05, 3.63) is 0 Å². The molecule has 0 amide bonds. The molecule has 0 spiro atoms. The molecule has 0 radical (unpaired) electrons. The molecule has 98 valence electrons. The molecule has 0 aromatic heterocycles. The Kier molecular flexibility index (Phi) is 11.2. The molecular weight excluding hydrogens is 200 g/mol. The van der Waals surface area contributed by atoms with Crippen LogP contribution in [0, 0.1) is 0 Å². The van der Waals surface area contributed by atoms with Gasteiger partial charge in [-0.15, -0.1) is 0 Å². The van der Waals surface area contributed by atoms with Gasteiger partial charge in [0.1, 0.15) is 0 Å². The van der Waals surface area contributed by atoms with Gasteiger partial charge in [-0.05, 0) is 32.9 Å². The number of hydrogen-bond donors (Lipinski definition) is 3. The summed E-state index contributed by atoms with van der Waals surface area (Å²) in [6.45, 7) is 8.41. The highest BCUT2D eigenvalue weighted by molar-refractivity contribution is 4.67. The SMILES string of the molecule is CCCNC(CCC)CCN(N)CCNC. The number of nitrogens with two attached hydrogens (primary N) is 1. The molecule has 0 rings (SSSR count). The number of hydrogen-bond acceptors (Lipinski definition) is 4. The normalized spacial score (nSPS) is 13.3. The number of rotatable bonds is 11. The third-order valence-electron chi connectivity index (χ3n) is 2.73. The average Bonchev–Trinajstić information content (AvgIpc) is 2.30. The summed E-state index contributed by atoms with van der Waals surface area (Å²) in [6, 6.07) is 0.630.